The van der Waals surface area contributed by atoms with Crippen LogP contribution in [0.4, 0.5) is 5.82 Å². The summed E-state index contributed by atoms with van der Waals surface area (Å²) in [5, 5.41) is 0.596. The summed E-state index contributed by atoms with van der Waals surface area (Å²) >= 11 is 6.49. The van der Waals surface area contributed by atoms with Crippen molar-refractivity contribution in [3.8, 4) is 0 Å². The topological polar surface area (TPSA) is 39.7 Å². The average molecular weight is 363 g/mol. The minimum atomic E-state index is 0.0647. The number of hydrogen-bond donors (Lipinski definition) is 0. The van der Waals surface area contributed by atoms with Crippen LogP contribution in [0.25, 0.3) is 0 Å². The van der Waals surface area contributed by atoms with Crippen LogP contribution in [-0.4, -0.2) is 66.5 Å². The van der Waals surface area contributed by atoms with Gasteiger partial charge < -0.3 is 9.80 Å². The molecular formula is C19H27ClN4O. The maximum atomic E-state index is 12.6. The first-order chi connectivity index (χ1) is 12.2. The van der Waals surface area contributed by atoms with Gasteiger partial charge >= 0.3 is 0 Å². The van der Waals surface area contributed by atoms with E-state index < -0.39 is 0 Å². The summed E-state index contributed by atoms with van der Waals surface area (Å²) < 4.78 is 0. The number of piperidine rings is 1. The summed E-state index contributed by atoms with van der Waals surface area (Å²) in [5.41, 5.74) is 0.614. The van der Waals surface area contributed by atoms with Crippen LogP contribution >= 0.6 is 11.6 Å². The zero-order chi connectivity index (χ0) is 17.2. The monoisotopic (exact) mass is 362 g/mol. The molecule has 1 aliphatic carbocycles. The fraction of sp³-hybridized carbons (Fsp3) is 0.684. The number of hydrogen-bond acceptors (Lipinski definition) is 4. The first kappa shape index (κ1) is 17.1. The van der Waals surface area contributed by atoms with Crippen molar-refractivity contribution in [2.45, 2.75) is 32.1 Å². The first-order valence-corrected chi connectivity index (χ1v) is 10.0. The van der Waals surface area contributed by atoms with E-state index in [-0.39, 0.29) is 5.91 Å². The van der Waals surface area contributed by atoms with Crippen LogP contribution in [0, 0.1) is 5.92 Å². The molecule has 0 atom stereocenters. The number of halogens is 1. The second-order valence-corrected chi connectivity index (χ2v) is 8.02. The van der Waals surface area contributed by atoms with Gasteiger partial charge in [-0.15, -0.1) is 0 Å². The number of nitrogens with zero attached hydrogens (tertiary/aromatic N) is 4. The smallest absolute Gasteiger partial charge is 0.255 e. The van der Waals surface area contributed by atoms with Crippen molar-refractivity contribution < 1.29 is 4.79 Å². The molecule has 1 aromatic heterocycles. The Hall–Kier alpha value is -1.33. The number of amides is 1. The highest BCUT2D eigenvalue weighted by atomic mass is 35.5. The van der Waals surface area contributed by atoms with Gasteiger partial charge in [-0.3, -0.25) is 9.69 Å². The summed E-state index contributed by atoms with van der Waals surface area (Å²) in [7, 11) is 0. The maximum absolute atomic E-state index is 12.6. The van der Waals surface area contributed by atoms with E-state index in [0.29, 0.717) is 10.6 Å². The van der Waals surface area contributed by atoms with Gasteiger partial charge in [-0.2, -0.15) is 0 Å². The van der Waals surface area contributed by atoms with Gasteiger partial charge in [-0.25, -0.2) is 4.98 Å². The van der Waals surface area contributed by atoms with Crippen molar-refractivity contribution in [2.75, 3.05) is 50.7 Å². The van der Waals surface area contributed by atoms with E-state index in [1.54, 1.807) is 12.3 Å². The van der Waals surface area contributed by atoms with Gasteiger partial charge in [-0.05, 0) is 44.1 Å². The van der Waals surface area contributed by atoms with Crippen LogP contribution < -0.4 is 4.90 Å². The van der Waals surface area contributed by atoms with Crippen LogP contribution in [-0.2, 0) is 0 Å². The molecule has 1 saturated carbocycles. The van der Waals surface area contributed by atoms with Crippen molar-refractivity contribution in [1.29, 1.82) is 0 Å². The summed E-state index contributed by atoms with van der Waals surface area (Å²) in [4.78, 5) is 23.9. The summed E-state index contributed by atoms with van der Waals surface area (Å²) in [6, 6.07) is 1.80. The maximum Gasteiger partial charge on any atom is 0.255 e. The molecule has 3 heterocycles. The third-order valence-electron chi connectivity index (χ3n) is 5.60. The lowest BCUT2D eigenvalue weighted by molar-refractivity contribution is 0.0724. The molecular weight excluding hydrogens is 336 g/mol. The summed E-state index contributed by atoms with van der Waals surface area (Å²) in [6.07, 6.45) is 7.91. The molecule has 2 saturated heterocycles. The SMILES string of the molecule is O=C(c1cnc(N2CCN(CC3CC3)CC2)c(Cl)c1)N1CCCCC1. The molecule has 25 heavy (non-hydrogen) atoms. The van der Waals surface area contributed by atoms with E-state index in [2.05, 4.69) is 14.8 Å². The quantitative estimate of drug-likeness (QED) is 0.825. The zero-order valence-electron chi connectivity index (χ0n) is 14.8. The van der Waals surface area contributed by atoms with Crippen LogP contribution in [0.5, 0.6) is 0 Å². The molecule has 0 unspecified atom stereocenters. The third-order valence-corrected chi connectivity index (χ3v) is 5.88. The predicted octanol–water partition coefficient (Wildman–Crippen LogP) is 2.89. The van der Waals surface area contributed by atoms with Gasteiger partial charge in [0.15, 0.2) is 0 Å². The average Bonchev–Trinajstić information content (AvgIpc) is 3.47. The lowest BCUT2D eigenvalue weighted by Crippen LogP contribution is -2.47. The fourth-order valence-corrected chi connectivity index (χ4v) is 4.15. The largest absolute Gasteiger partial charge is 0.353 e. The summed E-state index contributed by atoms with van der Waals surface area (Å²) in [5.74, 6) is 1.83. The van der Waals surface area contributed by atoms with Gasteiger partial charge in [0, 0.05) is 52.0 Å². The van der Waals surface area contributed by atoms with Gasteiger partial charge in [0.1, 0.15) is 5.82 Å². The molecule has 4 rings (SSSR count). The molecule has 1 amide bonds. The predicted molar refractivity (Wildman–Crippen MR) is 100 cm³/mol. The first-order valence-electron chi connectivity index (χ1n) is 9.63. The van der Waals surface area contributed by atoms with E-state index in [1.165, 1.54) is 25.8 Å². The minimum absolute atomic E-state index is 0.0647. The van der Waals surface area contributed by atoms with Crippen LogP contribution in [0.1, 0.15) is 42.5 Å². The number of pyridine rings is 1. The second-order valence-electron chi connectivity index (χ2n) is 7.61. The number of likely N-dealkylation sites (tertiary alicyclic amines) is 1. The number of rotatable bonds is 4. The molecule has 0 radical (unpaired) electrons. The molecule has 0 aromatic carbocycles. The minimum Gasteiger partial charge on any atom is -0.353 e. The molecule has 2 aliphatic heterocycles. The van der Waals surface area contributed by atoms with Gasteiger partial charge in [0.2, 0.25) is 0 Å². The van der Waals surface area contributed by atoms with Gasteiger partial charge in [-0.1, -0.05) is 11.6 Å². The Labute approximate surface area is 154 Å². The van der Waals surface area contributed by atoms with E-state index in [1.807, 2.05) is 4.90 Å². The highest BCUT2D eigenvalue weighted by Crippen LogP contribution is 2.31. The molecule has 136 valence electrons. The standard InChI is InChI=1S/C19H27ClN4O/c20-17-12-16(19(25)24-6-2-1-3-7-24)13-21-18(17)23-10-8-22(9-11-23)14-15-4-5-15/h12-13,15H,1-11,14H2. The van der Waals surface area contributed by atoms with Crippen LogP contribution in [0.3, 0.4) is 0 Å². The van der Waals surface area contributed by atoms with E-state index in [9.17, 15) is 4.79 Å². The lowest BCUT2D eigenvalue weighted by Gasteiger charge is -2.35. The van der Waals surface area contributed by atoms with Crippen molar-refractivity contribution in [3.05, 3.63) is 22.8 Å². The van der Waals surface area contributed by atoms with Crippen molar-refractivity contribution in [2.24, 2.45) is 5.92 Å². The molecule has 5 nitrogen and oxygen atoms in total. The molecule has 0 spiro atoms. The van der Waals surface area contributed by atoms with Crippen molar-refractivity contribution in [3.63, 3.8) is 0 Å². The van der Waals surface area contributed by atoms with Crippen LogP contribution in [0.2, 0.25) is 5.02 Å². The number of aromatic nitrogens is 1. The Balaban J connectivity index is 1.38. The van der Waals surface area contributed by atoms with Crippen molar-refractivity contribution in [1.82, 2.24) is 14.8 Å². The Morgan fingerprint density at radius 1 is 1.08 bits per heavy atom. The second kappa shape index (κ2) is 7.50. The Kier molecular flexibility index (Phi) is 5.13. The van der Waals surface area contributed by atoms with Gasteiger partial charge in [0.05, 0.1) is 10.6 Å². The molecule has 0 N–H and O–H groups in total. The highest BCUT2D eigenvalue weighted by Gasteiger charge is 2.27. The Morgan fingerprint density at radius 2 is 1.80 bits per heavy atom. The molecule has 1 aromatic rings. The highest BCUT2D eigenvalue weighted by molar-refractivity contribution is 6.33. The third kappa shape index (κ3) is 4.09. The van der Waals surface area contributed by atoms with Gasteiger partial charge in [0.25, 0.3) is 5.91 Å². The van der Waals surface area contributed by atoms with E-state index in [0.717, 1.165) is 63.8 Å². The molecule has 6 heteroatoms. The number of carbonyl (C=O) groups is 1. The lowest BCUT2D eigenvalue weighted by atomic mass is 10.1. The normalized spacial score (nSPS) is 22.3. The molecule has 0 bridgehead atoms. The molecule has 3 fully saturated rings. The number of anilines is 1. The zero-order valence-corrected chi connectivity index (χ0v) is 15.5. The molecule has 3 aliphatic rings. The van der Waals surface area contributed by atoms with E-state index in [4.69, 9.17) is 11.6 Å². The summed E-state index contributed by atoms with van der Waals surface area (Å²) in [6.45, 7) is 7.00. The number of piperazine rings is 1. The Bertz CT molecular complexity index is 620. The van der Waals surface area contributed by atoms with Crippen LogP contribution in [0.15, 0.2) is 12.3 Å². The number of carbonyl (C=O) groups excluding carboxylic acids is 1. The Morgan fingerprint density at radius 3 is 2.44 bits per heavy atom. The van der Waals surface area contributed by atoms with E-state index >= 15 is 0 Å². The van der Waals surface area contributed by atoms with Crippen molar-refractivity contribution >= 4 is 23.3 Å². The fourth-order valence-electron chi connectivity index (χ4n) is 3.87.